The second kappa shape index (κ2) is 8.91. The Kier molecular flexibility index (Phi) is 6.35. The Morgan fingerprint density at radius 1 is 1.23 bits per heavy atom. The molecule has 1 aromatic carbocycles. The Bertz CT molecular complexity index is 695. The molecule has 0 unspecified atom stereocenters. The second-order valence-electron chi connectivity index (χ2n) is 6.65. The Hall–Kier alpha value is -2.25. The fourth-order valence-electron chi connectivity index (χ4n) is 3.10. The molecule has 1 saturated heterocycles. The van der Waals surface area contributed by atoms with Crippen molar-refractivity contribution in [3.05, 3.63) is 47.6 Å². The minimum Gasteiger partial charge on any atom is -0.351 e. The van der Waals surface area contributed by atoms with E-state index in [9.17, 15) is 4.79 Å². The first-order chi connectivity index (χ1) is 12.7. The van der Waals surface area contributed by atoms with Crippen molar-refractivity contribution in [1.29, 1.82) is 0 Å². The number of amides is 1. The van der Waals surface area contributed by atoms with Crippen LogP contribution < -0.4 is 5.32 Å². The van der Waals surface area contributed by atoms with E-state index in [0.29, 0.717) is 19.0 Å². The van der Waals surface area contributed by atoms with Gasteiger partial charge < -0.3 is 9.84 Å². The van der Waals surface area contributed by atoms with Crippen molar-refractivity contribution in [2.75, 3.05) is 32.7 Å². The summed E-state index contributed by atoms with van der Waals surface area (Å²) in [4.78, 5) is 21.1. The van der Waals surface area contributed by atoms with Crippen LogP contribution in [0.1, 0.15) is 37.2 Å². The van der Waals surface area contributed by atoms with Gasteiger partial charge in [-0.15, -0.1) is 0 Å². The van der Waals surface area contributed by atoms with Gasteiger partial charge in [0.15, 0.2) is 5.82 Å². The molecule has 0 radical (unpaired) electrons. The summed E-state index contributed by atoms with van der Waals surface area (Å²) in [6.45, 7) is 8.61. The van der Waals surface area contributed by atoms with Crippen LogP contribution in [0.5, 0.6) is 0 Å². The van der Waals surface area contributed by atoms with E-state index in [2.05, 4.69) is 32.2 Å². The number of carbonyl (C=O) groups excluding carboxylic acids is 1. The Labute approximate surface area is 154 Å². The third kappa shape index (κ3) is 4.89. The normalized spacial score (nSPS) is 17.2. The van der Waals surface area contributed by atoms with E-state index in [1.54, 1.807) is 0 Å². The van der Waals surface area contributed by atoms with Gasteiger partial charge in [-0.2, -0.15) is 4.98 Å². The van der Waals surface area contributed by atoms with Gasteiger partial charge in [0, 0.05) is 39.1 Å². The molecule has 7 heteroatoms. The smallest absolute Gasteiger partial charge is 0.243 e. The second-order valence-corrected chi connectivity index (χ2v) is 6.65. The first-order valence-corrected chi connectivity index (χ1v) is 9.25. The molecular formula is C19H27N5O2. The van der Waals surface area contributed by atoms with Gasteiger partial charge in [-0.25, -0.2) is 0 Å². The molecule has 0 spiro atoms. The van der Waals surface area contributed by atoms with Crippen LogP contribution in [0.4, 0.5) is 0 Å². The summed E-state index contributed by atoms with van der Waals surface area (Å²) >= 11 is 0. The Morgan fingerprint density at radius 2 is 1.96 bits per heavy atom. The molecule has 1 aromatic heterocycles. The number of piperazine rings is 1. The number of benzene rings is 1. The first kappa shape index (κ1) is 18.5. The van der Waals surface area contributed by atoms with Gasteiger partial charge in [-0.05, 0) is 12.5 Å². The average molecular weight is 357 g/mol. The van der Waals surface area contributed by atoms with Crippen molar-refractivity contribution < 1.29 is 9.32 Å². The van der Waals surface area contributed by atoms with Gasteiger partial charge in [0.25, 0.3) is 0 Å². The highest BCUT2D eigenvalue weighted by Crippen LogP contribution is 2.20. The van der Waals surface area contributed by atoms with Gasteiger partial charge in [-0.1, -0.05) is 42.4 Å². The van der Waals surface area contributed by atoms with E-state index in [4.69, 9.17) is 4.52 Å². The van der Waals surface area contributed by atoms with Crippen molar-refractivity contribution in [2.24, 2.45) is 0 Å². The van der Waals surface area contributed by atoms with E-state index < -0.39 is 0 Å². The average Bonchev–Trinajstić information content (AvgIpc) is 3.16. The molecular weight excluding hydrogens is 330 g/mol. The molecule has 1 fully saturated rings. The number of carbonyl (C=O) groups is 1. The lowest BCUT2D eigenvalue weighted by Crippen LogP contribution is -2.49. The Balaban J connectivity index is 1.41. The fraction of sp³-hybridized carbons (Fsp3) is 0.526. The maximum Gasteiger partial charge on any atom is 0.243 e. The van der Waals surface area contributed by atoms with Crippen LogP contribution in [0.25, 0.3) is 0 Å². The van der Waals surface area contributed by atoms with E-state index in [-0.39, 0.29) is 11.9 Å². The molecule has 1 aliphatic heterocycles. The van der Waals surface area contributed by atoms with Gasteiger partial charge >= 0.3 is 0 Å². The van der Waals surface area contributed by atoms with Gasteiger partial charge in [0.2, 0.25) is 11.8 Å². The third-order valence-corrected chi connectivity index (χ3v) is 4.81. The summed E-state index contributed by atoms with van der Waals surface area (Å²) in [7, 11) is 0. The zero-order valence-corrected chi connectivity index (χ0v) is 15.5. The molecule has 1 atom stereocenters. The lowest BCUT2D eigenvalue weighted by Gasteiger charge is -2.36. The number of hydrogen-bond donors (Lipinski definition) is 1. The standard InChI is InChI=1S/C19H27N5O2/c1-3-17-21-19(26-22-17)15(2)24-11-9-23(10-12-24)14-18(25)20-13-16-7-5-4-6-8-16/h4-8,15H,3,9-14H2,1-2H3,(H,20,25)/t15-/m0/s1. The molecule has 1 N–H and O–H groups in total. The first-order valence-electron chi connectivity index (χ1n) is 9.25. The molecule has 2 aromatic rings. The van der Waals surface area contributed by atoms with Crippen LogP contribution in [0.15, 0.2) is 34.9 Å². The minimum atomic E-state index is 0.0693. The predicted molar refractivity (Wildman–Crippen MR) is 98.4 cm³/mol. The summed E-state index contributed by atoms with van der Waals surface area (Å²) in [5.41, 5.74) is 1.12. The molecule has 140 valence electrons. The third-order valence-electron chi connectivity index (χ3n) is 4.81. The highest BCUT2D eigenvalue weighted by atomic mass is 16.5. The minimum absolute atomic E-state index is 0.0693. The highest BCUT2D eigenvalue weighted by molar-refractivity contribution is 5.78. The number of rotatable bonds is 7. The molecule has 26 heavy (non-hydrogen) atoms. The number of aromatic nitrogens is 2. The van der Waals surface area contributed by atoms with E-state index >= 15 is 0 Å². The summed E-state index contributed by atoms with van der Waals surface area (Å²) < 4.78 is 5.36. The summed E-state index contributed by atoms with van der Waals surface area (Å²) in [6, 6.07) is 10.1. The number of nitrogens with zero attached hydrogens (tertiary/aromatic N) is 4. The summed E-state index contributed by atoms with van der Waals surface area (Å²) in [6.07, 6.45) is 0.780. The maximum atomic E-state index is 12.2. The quantitative estimate of drug-likeness (QED) is 0.812. The molecule has 0 aliphatic carbocycles. The maximum absolute atomic E-state index is 12.2. The van der Waals surface area contributed by atoms with Crippen molar-refractivity contribution in [1.82, 2.24) is 25.3 Å². The largest absolute Gasteiger partial charge is 0.351 e. The number of aryl methyl sites for hydroxylation is 1. The molecule has 1 aliphatic rings. The molecule has 2 heterocycles. The van der Waals surface area contributed by atoms with Crippen molar-refractivity contribution in [3.63, 3.8) is 0 Å². The van der Waals surface area contributed by atoms with E-state index in [1.165, 1.54) is 0 Å². The number of nitrogens with one attached hydrogen (secondary N) is 1. The number of hydrogen-bond acceptors (Lipinski definition) is 6. The van der Waals surface area contributed by atoms with Crippen molar-refractivity contribution >= 4 is 5.91 Å². The van der Waals surface area contributed by atoms with E-state index in [1.807, 2.05) is 37.3 Å². The molecule has 3 rings (SSSR count). The van der Waals surface area contributed by atoms with E-state index in [0.717, 1.165) is 44.0 Å². The van der Waals surface area contributed by atoms with Crippen LogP contribution in [0.2, 0.25) is 0 Å². The van der Waals surface area contributed by atoms with Crippen LogP contribution in [-0.2, 0) is 17.8 Å². The van der Waals surface area contributed by atoms with Crippen LogP contribution in [-0.4, -0.2) is 58.6 Å². The zero-order chi connectivity index (χ0) is 18.4. The fourth-order valence-corrected chi connectivity index (χ4v) is 3.10. The van der Waals surface area contributed by atoms with Gasteiger partial charge in [-0.3, -0.25) is 14.6 Å². The predicted octanol–water partition coefficient (Wildman–Crippen LogP) is 1.63. The van der Waals surface area contributed by atoms with Gasteiger partial charge in [0.1, 0.15) is 0 Å². The molecule has 7 nitrogen and oxygen atoms in total. The van der Waals surface area contributed by atoms with Crippen molar-refractivity contribution in [2.45, 2.75) is 32.9 Å². The monoisotopic (exact) mass is 357 g/mol. The van der Waals surface area contributed by atoms with Gasteiger partial charge in [0.05, 0.1) is 12.6 Å². The van der Waals surface area contributed by atoms with Crippen LogP contribution in [0, 0.1) is 0 Å². The van der Waals surface area contributed by atoms with Crippen LogP contribution in [0.3, 0.4) is 0 Å². The lowest BCUT2D eigenvalue weighted by molar-refractivity contribution is -0.122. The topological polar surface area (TPSA) is 74.5 Å². The lowest BCUT2D eigenvalue weighted by atomic mass is 10.2. The molecule has 0 saturated carbocycles. The summed E-state index contributed by atoms with van der Waals surface area (Å²) in [5, 5.41) is 6.96. The molecule has 1 amide bonds. The van der Waals surface area contributed by atoms with Crippen molar-refractivity contribution in [3.8, 4) is 0 Å². The highest BCUT2D eigenvalue weighted by Gasteiger charge is 2.26. The van der Waals surface area contributed by atoms with Crippen LogP contribution >= 0.6 is 0 Å². The molecule has 0 bridgehead atoms. The Morgan fingerprint density at radius 3 is 2.62 bits per heavy atom. The summed E-state index contributed by atoms with van der Waals surface area (Å²) in [5.74, 6) is 1.50. The zero-order valence-electron chi connectivity index (χ0n) is 15.5. The SMILES string of the molecule is CCc1noc([C@H](C)N2CCN(CC(=O)NCc3ccccc3)CC2)n1.